The number of hydrogen-bond acceptors (Lipinski definition) is 5. The predicted molar refractivity (Wildman–Crippen MR) is 122 cm³/mol. The lowest BCUT2D eigenvalue weighted by Crippen LogP contribution is -2.42. The molecular formula is C26H28N2O3. The van der Waals surface area contributed by atoms with Gasteiger partial charge in [0.25, 0.3) is 0 Å². The summed E-state index contributed by atoms with van der Waals surface area (Å²) in [6, 6.07) is 18.1. The largest absolute Gasteiger partial charge is 0.468 e. The molecule has 0 spiro atoms. The molecule has 0 bridgehead atoms. The summed E-state index contributed by atoms with van der Waals surface area (Å²) in [5.74, 6) is -1.25. The second-order valence-corrected chi connectivity index (χ2v) is 8.45. The minimum Gasteiger partial charge on any atom is -0.468 e. The van der Waals surface area contributed by atoms with E-state index in [0.29, 0.717) is 24.1 Å². The average molecular weight is 417 g/mol. The summed E-state index contributed by atoms with van der Waals surface area (Å²) in [6.07, 6.45) is 1.14. The number of methoxy groups -OCH3 is 1. The summed E-state index contributed by atoms with van der Waals surface area (Å²) in [4.78, 5) is 28.2. The molecule has 0 amide bonds. The van der Waals surface area contributed by atoms with Crippen molar-refractivity contribution in [2.24, 2.45) is 5.92 Å². The van der Waals surface area contributed by atoms with Crippen LogP contribution in [0.3, 0.4) is 0 Å². The summed E-state index contributed by atoms with van der Waals surface area (Å²) in [5.41, 5.74) is 5.26. The molecule has 2 aliphatic rings. The minimum atomic E-state index is -0.647. The van der Waals surface area contributed by atoms with Gasteiger partial charge in [0.05, 0.1) is 7.11 Å². The number of carbonyl (C=O) groups excluding carboxylic acids is 2. The van der Waals surface area contributed by atoms with Gasteiger partial charge in [-0.2, -0.15) is 0 Å². The zero-order chi connectivity index (χ0) is 22.1. The van der Waals surface area contributed by atoms with Gasteiger partial charge in [-0.3, -0.25) is 9.59 Å². The maximum absolute atomic E-state index is 13.4. The van der Waals surface area contributed by atoms with Gasteiger partial charge in [-0.15, -0.1) is 0 Å². The minimum absolute atomic E-state index is 0.0747. The molecular weight excluding hydrogens is 388 g/mol. The molecule has 4 rings (SSSR count). The van der Waals surface area contributed by atoms with E-state index in [1.807, 2.05) is 61.5 Å². The van der Waals surface area contributed by atoms with Gasteiger partial charge in [0.2, 0.25) is 0 Å². The van der Waals surface area contributed by atoms with Crippen LogP contribution in [0.1, 0.15) is 35.8 Å². The number of nitrogens with zero attached hydrogens (tertiary/aromatic N) is 1. The number of benzene rings is 2. The number of esters is 1. The van der Waals surface area contributed by atoms with Gasteiger partial charge in [-0.25, -0.2) is 0 Å². The topological polar surface area (TPSA) is 58.6 Å². The molecule has 0 radical (unpaired) electrons. The molecule has 3 unspecified atom stereocenters. The lowest BCUT2D eigenvalue weighted by Gasteiger charge is -2.40. The quantitative estimate of drug-likeness (QED) is 0.759. The van der Waals surface area contributed by atoms with Crippen LogP contribution in [0.5, 0.6) is 0 Å². The Labute approximate surface area is 183 Å². The SMILES string of the molecule is C=C1NC2=C(C(=O)CC(c3ccccc3)C2)C(c2ccc(N(C)C)cc2)C1C(=O)OC. The first-order chi connectivity index (χ1) is 14.9. The summed E-state index contributed by atoms with van der Waals surface area (Å²) >= 11 is 0. The van der Waals surface area contributed by atoms with Crippen LogP contribution in [0.2, 0.25) is 0 Å². The molecule has 1 N–H and O–H groups in total. The van der Waals surface area contributed by atoms with Crippen LogP contribution < -0.4 is 10.2 Å². The van der Waals surface area contributed by atoms with Crippen molar-refractivity contribution in [3.63, 3.8) is 0 Å². The van der Waals surface area contributed by atoms with Crippen LogP contribution in [-0.2, 0) is 14.3 Å². The van der Waals surface area contributed by atoms with Gasteiger partial charge in [-0.1, -0.05) is 49.0 Å². The Balaban J connectivity index is 1.79. The number of rotatable bonds is 4. The molecule has 0 aromatic heterocycles. The number of ether oxygens (including phenoxy) is 1. The van der Waals surface area contributed by atoms with Crippen LogP contribution in [0, 0.1) is 5.92 Å². The highest BCUT2D eigenvalue weighted by molar-refractivity contribution is 6.01. The van der Waals surface area contributed by atoms with E-state index < -0.39 is 11.8 Å². The van der Waals surface area contributed by atoms with E-state index in [0.717, 1.165) is 22.5 Å². The molecule has 1 aliphatic heterocycles. The average Bonchev–Trinajstić information content (AvgIpc) is 2.78. The third kappa shape index (κ3) is 3.88. The molecule has 0 fully saturated rings. The van der Waals surface area contributed by atoms with Crippen LogP contribution in [-0.4, -0.2) is 33.0 Å². The zero-order valence-electron chi connectivity index (χ0n) is 18.2. The molecule has 31 heavy (non-hydrogen) atoms. The molecule has 2 aromatic rings. The van der Waals surface area contributed by atoms with Gasteiger partial charge in [-0.05, 0) is 35.6 Å². The molecule has 1 heterocycles. The van der Waals surface area contributed by atoms with Crippen molar-refractivity contribution in [3.05, 3.63) is 89.3 Å². The zero-order valence-corrected chi connectivity index (χ0v) is 18.2. The lowest BCUT2D eigenvalue weighted by molar-refractivity contribution is -0.144. The van der Waals surface area contributed by atoms with Crippen molar-refractivity contribution in [1.82, 2.24) is 5.32 Å². The molecule has 3 atom stereocenters. The number of Topliss-reactive ketones (excluding diaryl/α,β-unsaturated/α-hetero) is 1. The smallest absolute Gasteiger partial charge is 0.315 e. The number of ketones is 1. The highest BCUT2D eigenvalue weighted by Crippen LogP contribution is 2.47. The Morgan fingerprint density at radius 3 is 2.32 bits per heavy atom. The normalized spacial score (nSPS) is 23.1. The summed E-state index contributed by atoms with van der Waals surface area (Å²) < 4.78 is 5.10. The summed E-state index contributed by atoms with van der Waals surface area (Å²) in [7, 11) is 5.33. The van der Waals surface area contributed by atoms with Gasteiger partial charge in [0.1, 0.15) is 5.92 Å². The monoisotopic (exact) mass is 416 g/mol. The van der Waals surface area contributed by atoms with E-state index in [4.69, 9.17) is 4.74 Å². The Hall–Kier alpha value is -3.34. The predicted octanol–water partition coefficient (Wildman–Crippen LogP) is 4.14. The number of hydrogen-bond donors (Lipinski definition) is 1. The molecule has 5 heteroatoms. The Morgan fingerprint density at radius 2 is 1.71 bits per heavy atom. The first kappa shape index (κ1) is 20.9. The fraction of sp³-hybridized carbons (Fsp3) is 0.308. The first-order valence-electron chi connectivity index (χ1n) is 10.5. The fourth-order valence-electron chi connectivity index (χ4n) is 4.75. The van der Waals surface area contributed by atoms with E-state index in [1.165, 1.54) is 7.11 Å². The standard InChI is InChI=1S/C26H28N2O3/c1-16-23(26(30)31-4)24(18-10-12-20(13-11-18)28(2)3)25-21(27-16)14-19(15-22(25)29)17-8-6-5-7-9-17/h5-13,19,23-24,27H,1,14-15H2,2-4H3. The number of nitrogens with one attached hydrogen (secondary N) is 1. The molecule has 0 saturated heterocycles. The van der Waals surface area contributed by atoms with Crippen LogP contribution >= 0.6 is 0 Å². The van der Waals surface area contributed by atoms with Gasteiger partial charge < -0.3 is 15.0 Å². The van der Waals surface area contributed by atoms with Crippen LogP contribution in [0.15, 0.2) is 78.1 Å². The van der Waals surface area contributed by atoms with Crippen LogP contribution in [0.25, 0.3) is 0 Å². The Bertz CT molecular complexity index is 1040. The maximum Gasteiger partial charge on any atom is 0.315 e. The van der Waals surface area contributed by atoms with Gasteiger partial charge in [0, 0.05) is 49.1 Å². The van der Waals surface area contributed by atoms with Crippen molar-refractivity contribution in [3.8, 4) is 0 Å². The molecule has 2 aromatic carbocycles. The third-order valence-electron chi connectivity index (χ3n) is 6.33. The second-order valence-electron chi connectivity index (χ2n) is 8.45. The fourth-order valence-corrected chi connectivity index (χ4v) is 4.75. The summed E-state index contributed by atoms with van der Waals surface area (Å²) in [5, 5.41) is 3.30. The van der Waals surface area contributed by atoms with Crippen molar-refractivity contribution < 1.29 is 14.3 Å². The van der Waals surface area contributed by atoms with E-state index in [-0.39, 0.29) is 17.7 Å². The number of anilines is 1. The van der Waals surface area contributed by atoms with Gasteiger partial charge >= 0.3 is 5.97 Å². The Kier molecular flexibility index (Phi) is 5.68. The van der Waals surface area contributed by atoms with Gasteiger partial charge in [0.15, 0.2) is 5.78 Å². The number of allylic oxidation sites excluding steroid dienone is 2. The van der Waals surface area contributed by atoms with E-state index >= 15 is 0 Å². The van der Waals surface area contributed by atoms with Crippen molar-refractivity contribution >= 4 is 17.4 Å². The molecule has 1 aliphatic carbocycles. The van der Waals surface area contributed by atoms with E-state index in [9.17, 15) is 9.59 Å². The molecule has 0 saturated carbocycles. The number of carbonyl (C=O) groups is 2. The lowest BCUT2D eigenvalue weighted by atomic mass is 9.69. The highest BCUT2D eigenvalue weighted by atomic mass is 16.5. The van der Waals surface area contributed by atoms with Crippen LogP contribution in [0.4, 0.5) is 5.69 Å². The molecule has 160 valence electrons. The second kappa shape index (κ2) is 8.42. The maximum atomic E-state index is 13.4. The summed E-state index contributed by atoms with van der Waals surface area (Å²) in [6.45, 7) is 4.13. The first-order valence-corrected chi connectivity index (χ1v) is 10.5. The van der Waals surface area contributed by atoms with Crippen molar-refractivity contribution in [2.45, 2.75) is 24.7 Å². The molecule has 5 nitrogen and oxygen atoms in total. The van der Waals surface area contributed by atoms with E-state index in [2.05, 4.69) is 24.0 Å². The van der Waals surface area contributed by atoms with E-state index in [1.54, 1.807) is 0 Å². The third-order valence-corrected chi connectivity index (χ3v) is 6.33. The Morgan fingerprint density at radius 1 is 1.03 bits per heavy atom. The van der Waals surface area contributed by atoms with Crippen molar-refractivity contribution in [2.75, 3.05) is 26.1 Å². The van der Waals surface area contributed by atoms with Crippen molar-refractivity contribution in [1.29, 1.82) is 0 Å². The highest BCUT2D eigenvalue weighted by Gasteiger charge is 2.45.